The Morgan fingerprint density at radius 3 is 2.53 bits per heavy atom. The van der Waals surface area contributed by atoms with Crippen LogP contribution in [-0.4, -0.2) is 18.2 Å². The molecule has 1 rings (SSSR count). The first-order valence-corrected chi connectivity index (χ1v) is 5.28. The van der Waals surface area contributed by atoms with Gasteiger partial charge in [0.1, 0.15) is 6.42 Å². The zero-order valence-electron chi connectivity index (χ0n) is 8.90. The molecule has 1 fully saturated rings. The fourth-order valence-electron chi connectivity index (χ4n) is 1.28. The van der Waals surface area contributed by atoms with Gasteiger partial charge in [0.2, 0.25) is 0 Å². The molecule has 0 aliphatic carbocycles. The lowest BCUT2D eigenvalue weighted by Crippen LogP contribution is -2.30. The van der Waals surface area contributed by atoms with Crippen molar-refractivity contribution in [3.63, 3.8) is 0 Å². The Labute approximate surface area is 89.2 Å². The number of hydrogen-bond acceptors (Lipinski definition) is 4. The van der Waals surface area contributed by atoms with E-state index in [1.165, 1.54) is 12.8 Å². The maximum absolute atomic E-state index is 10.9. The van der Waals surface area contributed by atoms with Crippen LogP contribution in [0.3, 0.4) is 0 Å². The minimum Gasteiger partial charge on any atom is -0.421 e. The molecule has 1 aliphatic heterocycles. The summed E-state index contributed by atoms with van der Waals surface area (Å²) in [6, 6.07) is 0. The first kappa shape index (κ1) is 11.8. The largest absolute Gasteiger partial charge is 0.421 e. The molecule has 0 atom stereocenters. The standard InChI is InChI=1S/C11H16O4/c1-2-3-4-5-6-7-11-14-9(12)8-10(13)15-11/h6-7,11H,2-5,8H2,1H3/b7-6+. The Morgan fingerprint density at radius 2 is 1.93 bits per heavy atom. The number of ether oxygens (including phenoxy) is 2. The van der Waals surface area contributed by atoms with Crippen molar-refractivity contribution in [2.75, 3.05) is 0 Å². The molecule has 0 radical (unpaired) electrons. The van der Waals surface area contributed by atoms with Crippen LogP contribution >= 0.6 is 0 Å². The first-order chi connectivity index (χ1) is 7.22. The van der Waals surface area contributed by atoms with Crippen LogP contribution in [-0.2, 0) is 19.1 Å². The molecule has 15 heavy (non-hydrogen) atoms. The zero-order chi connectivity index (χ0) is 11.1. The van der Waals surface area contributed by atoms with Crippen LogP contribution in [0.5, 0.6) is 0 Å². The molecule has 0 unspecified atom stereocenters. The Bertz CT molecular complexity index is 241. The molecule has 0 bridgehead atoms. The highest BCUT2D eigenvalue weighted by Gasteiger charge is 2.25. The van der Waals surface area contributed by atoms with Gasteiger partial charge in [0.25, 0.3) is 6.29 Å². The molecule has 4 heteroatoms. The average molecular weight is 212 g/mol. The Kier molecular flexibility index (Phi) is 4.87. The lowest BCUT2D eigenvalue weighted by molar-refractivity contribution is -0.194. The van der Waals surface area contributed by atoms with Gasteiger partial charge >= 0.3 is 11.9 Å². The summed E-state index contributed by atoms with van der Waals surface area (Å²) in [6.45, 7) is 2.13. The Hall–Kier alpha value is -1.32. The predicted octanol–water partition coefficient (Wildman–Crippen LogP) is 1.94. The van der Waals surface area contributed by atoms with Gasteiger partial charge in [-0.15, -0.1) is 0 Å². The lowest BCUT2D eigenvalue weighted by atomic mass is 10.2. The van der Waals surface area contributed by atoms with Gasteiger partial charge in [0, 0.05) is 0 Å². The van der Waals surface area contributed by atoms with Crippen molar-refractivity contribution < 1.29 is 19.1 Å². The van der Waals surface area contributed by atoms with Crippen LogP contribution in [0.2, 0.25) is 0 Å². The molecule has 0 aromatic carbocycles. The molecule has 0 N–H and O–H groups in total. The highest BCUT2D eigenvalue weighted by atomic mass is 16.7. The van der Waals surface area contributed by atoms with Crippen LogP contribution in [0.4, 0.5) is 0 Å². The topological polar surface area (TPSA) is 52.6 Å². The van der Waals surface area contributed by atoms with Crippen molar-refractivity contribution in [3.05, 3.63) is 12.2 Å². The average Bonchev–Trinajstić information content (AvgIpc) is 2.16. The third-order valence-corrected chi connectivity index (χ3v) is 2.05. The summed E-state index contributed by atoms with van der Waals surface area (Å²) in [4.78, 5) is 21.7. The summed E-state index contributed by atoms with van der Waals surface area (Å²) in [5.74, 6) is -1.04. The molecule has 1 saturated heterocycles. The third kappa shape index (κ3) is 4.63. The van der Waals surface area contributed by atoms with Gasteiger partial charge in [-0.3, -0.25) is 9.59 Å². The van der Waals surface area contributed by atoms with E-state index in [0.29, 0.717) is 0 Å². The lowest BCUT2D eigenvalue weighted by Gasteiger charge is -2.19. The summed E-state index contributed by atoms with van der Waals surface area (Å²) < 4.78 is 9.59. The summed E-state index contributed by atoms with van der Waals surface area (Å²) in [7, 11) is 0. The molecule has 0 spiro atoms. The van der Waals surface area contributed by atoms with Gasteiger partial charge in [-0.2, -0.15) is 0 Å². The highest BCUT2D eigenvalue weighted by Crippen LogP contribution is 2.10. The minimum atomic E-state index is -0.819. The van der Waals surface area contributed by atoms with Gasteiger partial charge in [0.15, 0.2) is 0 Å². The molecule has 84 valence electrons. The Morgan fingerprint density at radius 1 is 1.27 bits per heavy atom. The number of unbranched alkanes of at least 4 members (excludes halogenated alkanes) is 3. The van der Waals surface area contributed by atoms with Crippen LogP contribution in [0.25, 0.3) is 0 Å². The fourth-order valence-corrected chi connectivity index (χ4v) is 1.28. The summed E-state index contributed by atoms with van der Waals surface area (Å²) in [5, 5.41) is 0. The summed E-state index contributed by atoms with van der Waals surface area (Å²) in [5.41, 5.74) is 0. The SMILES string of the molecule is CCCCC/C=C/C1OC(=O)CC(=O)O1. The number of esters is 2. The van der Waals surface area contributed by atoms with Crippen molar-refractivity contribution >= 4 is 11.9 Å². The number of carbonyl (C=O) groups is 2. The van der Waals surface area contributed by atoms with E-state index >= 15 is 0 Å². The fraction of sp³-hybridized carbons (Fsp3) is 0.636. The zero-order valence-corrected chi connectivity index (χ0v) is 8.90. The minimum absolute atomic E-state index is 0.278. The van der Waals surface area contributed by atoms with Crippen molar-refractivity contribution in [2.45, 2.75) is 45.3 Å². The van der Waals surface area contributed by atoms with E-state index in [2.05, 4.69) is 6.92 Å². The second kappa shape index (κ2) is 6.22. The molecule has 1 aliphatic rings. The van der Waals surface area contributed by atoms with E-state index in [1.54, 1.807) is 6.08 Å². The third-order valence-electron chi connectivity index (χ3n) is 2.05. The second-order valence-corrected chi connectivity index (χ2v) is 3.45. The van der Waals surface area contributed by atoms with E-state index in [1.807, 2.05) is 6.08 Å². The molecule has 0 saturated carbocycles. The maximum Gasteiger partial charge on any atom is 0.320 e. The first-order valence-electron chi connectivity index (χ1n) is 5.28. The van der Waals surface area contributed by atoms with Gasteiger partial charge in [-0.25, -0.2) is 0 Å². The number of cyclic esters (lactones) is 2. The molecular formula is C11H16O4. The monoisotopic (exact) mass is 212 g/mol. The number of hydrogen-bond donors (Lipinski definition) is 0. The molecule has 1 heterocycles. The van der Waals surface area contributed by atoms with Crippen molar-refractivity contribution in [1.29, 1.82) is 0 Å². The van der Waals surface area contributed by atoms with Crippen molar-refractivity contribution in [2.24, 2.45) is 0 Å². The Balaban J connectivity index is 2.25. The van der Waals surface area contributed by atoms with E-state index in [9.17, 15) is 9.59 Å². The van der Waals surface area contributed by atoms with E-state index < -0.39 is 18.2 Å². The molecule has 4 nitrogen and oxygen atoms in total. The quantitative estimate of drug-likeness (QED) is 0.302. The number of carbonyl (C=O) groups excluding carboxylic acids is 2. The van der Waals surface area contributed by atoms with E-state index in [0.717, 1.165) is 12.8 Å². The normalized spacial score (nSPS) is 17.9. The van der Waals surface area contributed by atoms with Gasteiger partial charge in [-0.05, 0) is 18.9 Å². The van der Waals surface area contributed by atoms with Crippen molar-refractivity contribution in [3.8, 4) is 0 Å². The van der Waals surface area contributed by atoms with Gasteiger partial charge in [-0.1, -0.05) is 25.8 Å². The van der Waals surface area contributed by atoms with Gasteiger partial charge in [0.05, 0.1) is 0 Å². The van der Waals surface area contributed by atoms with Crippen LogP contribution in [0.15, 0.2) is 12.2 Å². The summed E-state index contributed by atoms with van der Waals surface area (Å²) in [6.07, 6.45) is 6.76. The van der Waals surface area contributed by atoms with E-state index in [4.69, 9.17) is 9.47 Å². The maximum atomic E-state index is 10.9. The van der Waals surface area contributed by atoms with Crippen LogP contribution in [0, 0.1) is 0 Å². The van der Waals surface area contributed by atoms with Gasteiger partial charge < -0.3 is 9.47 Å². The number of rotatable bonds is 5. The molecule has 0 aromatic heterocycles. The van der Waals surface area contributed by atoms with E-state index in [-0.39, 0.29) is 6.42 Å². The summed E-state index contributed by atoms with van der Waals surface area (Å²) >= 11 is 0. The molecule has 0 aromatic rings. The van der Waals surface area contributed by atoms with Crippen molar-refractivity contribution in [1.82, 2.24) is 0 Å². The molecular weight excluding hydrogens is 196 g/mol. The number of allylic oxidation sites excluding steroid dienone is 1. The highest BCUT2D eigenvalue weighted by molar-refractivity contribution is 5.92. The predicted molar refractivity (Wildman–Crippen MR) is 53.9 cm³/mol. The molecule has 0 amide bonds. The van der Waals surface area contributed by atoms with Crippen LogP contribution in [0.1, 0.15) is 39.0 Å². The van der Waals surface area contributed by atoms with Crippen LogP contribution < -0.4 is 0 Å². The smallest absolute Gasteiger partial charge is 0.320 e. The second-order valence-electron chi connectivity index (χ2n) is 3.45.